The molecule has 0 spiro atoms. The molecule has 0 heterocycles. The van der Waals surface area contributed by atoms with Crippen molar-refractivity contribution >= 4 is 28.9 Å². The van der Waals surface area contributed by atoms with Gasteiger partial charge in [-0.2, -0.15) is 0 Å². The van der Waals surface area contributed by atoms with Crippen molar-refractivity contribution in [1.29, 1.82) is 0 Å². The molecule has 0 bridgehead atoms. The molecule has 0 aliphatic rings. The van der Waals surface area contributed by atoms with Crippen molar-refractivity contribution in [3.8, 4) is 0 Å². The molecule has 2 unspecified atom stereocenters. The highest BCUT2D eigenvalue weighted by atomic mass is 35.5. The number of ether oxygens (including phenoxy) is 2. The highest BCUT2D eigenvalue weighted by Crippen LogP contribution is 2.22. The van der Waals surface area contributed by atoms with Gasteiger partial charge >= 0.3 is 0 Å². The van der Waals surface area contributed by atoms with Gasteiger partial charge in [0.2, 0.25) is 0 Å². The standard InChI is InChI=1S/C13H19Cl2NO3/c1-9(7-18-2)19-8-13(17)6-16-12-4-10(14)3-11(15)5-12/h3-5,9,13,16-17H,6-8H2,1-2H3. The molecular weight excluding hydrogens is 289 g/mol. The fourth-order valence-electron chi connectivity index (χ4n) is 1.51. The van der Waals surface area contributed by atoms with Gasteiger partial charge in [0.05, 0.1) is 25.4 Å². The van der Waals surface area contributed by atoms with Crippen LogP contribution in [0.1, 0.15) is 6.92 Å². The van der Waals surface area contributed by atoms with E-state index in [9.17, 15) is 5.11 Å². The van der Waals surface area contributed by atoms with Gasteiger partial charge in [-0.05, 0) is 25.1 Å². The molecule has 1 rings (SSSR count). The zero-order valence-corrected chi connectivity index (χ0v) is 12.5. The minimum Gasteiger partial charge on any atom is -0.389 e. The van der Waals surface area contributed by atoms with Crippen molar-refractivity contribution < 1.29 is 14.6 Å². The highest BCUT2D eigenvalue weighted by molar-refractivity contribution is 6.35. The maximum absolute atomic E-state index is 9.77. The number of nitrogens with one attached hydrogen (secondary N) is 1. The van der Waals surface area contributed by atoms with Crippen molar-refractivity contribution in [2.75, 3.05) is 32.2 Å². The molecule has 0 fully saturated rings. The number of aliphatic hydroxyl groups excluding tert-OH is 1. The summed E-state index contributed by atoms with van der Waals surface area (Å²) in [5, 5.41) is 13.9. The van der Waals surface area contributed by atoms with Gasteiger partial charge in [0, 0.05) is 29.4 Å². The van der Waals surface area contributed by atoms with Crippen LogP contribution in [-0.2, 0) is 9.47 Å². The summed E-state index contributed by atoms with van der Waals surface area (Å²) in [4.78, 5) is 0. The van der Waals surface area contributed by atoms with E-state index in [0.29, 0.717) is 23.2 Å². The Hall–Kier alpha value is -0.520. The quantitative estimate of drug-likeness (QED) is 0.775. The molecule has 108 valence electrons. The van der Waals surface area contributed by atoms with Crippen LogP contribution in [0.25, 0.3) is 0 Å². The van der Waals surface area contributed by atoms with Gasteiger partial charge in [0.25, 0.3) is 0 Å². The number of aliphatic hydroxyl groups is 1. The fraction of sp³-hybridized carbons (Fsp3) is 0.538. The van der Waals surface area contributed by atoms with E-state index in [1.807, 2.05) is 6.92 Å². The van der Waals surface area contributed by atoms with E-state index in [1.54, 1.807) is 25.3 Å². The van der Waals surface area contributed by atoms with Crippen LogP contribution in [0.15, 0.2) is 18.2 Å². The number of anilines is 1. The summed E-state index contributed by atoms with van der Waals surface area (Å²) < 4.78 is 10.4. The zero-order valence-electron chi connectivity index (χ0n) is 11.0. The average molecular weight is 308 g/mol. The van der Waals surface area contributed by atoms with Gasteiger partial charge < -0.3 is 19.9 Å². The Balaban J connectivity index is 2.31. The van der Waals surface area contributed by atoms with Gasteiger partial charge in [-0.15, -0.1) is 0 Å². The summed E-state index contributed by atoms with van der Waals surface area (Å²) in [5.74, 6) is 0. The lowest BCUT2D eigenvalue weighted by Gasteiger charge is -2.17. The van der Waals surface area contributed by atoms with E-state index >= 15 is 0 Å². The molecule has 2 atom stereocenters. The van der Waals surface area contributed by atoms with Gasteiger partial charge in [-0.3, -0.25) is 0 Å². The second kappa shape index (κ2) is 8.61. The van der Waals surface area contributed by atoms with Crippen LogP contribution in [-0.4, -0.2) is 44.2 Å². The lowest BCUT2D eigenvalue weighted by Crippen LogP contribution is -2.28. The minimum absolute atomic E-state index is 0.0414. The number of halogens is 2. The molecule has 0 saturated carbocycles. The van der Waals surface area contributed by atoms with Gasteiger partial charge in [-0.1, -0.05) is 23.2 Å². The number of hydrogen-bond acceptors (Lipinski definition) is 4. The van der Waals surface area contributed by atoms with Crippen molar-refractivity contribution in [2.45, 2.75) is 19.1 Å². The molecule has 4 nitrogen and oxygen atoms in total. The van der Waals surface area contributed by atoms with E-state index in [4.69, 9.17) is 32.7 Å². The number of benzene rings is 1. The SMILES string of the molecule is COCC(C)OCC(O)CNc1cc(Cl)cc(Cl)c1. The van der Waals surface area contributed by atoms with E-state index in [1.165, 1.54) is 0 Å². The largest absolute Gasteiger partial charge is 0.389 e. The first-order valence-corrected chi connectivity index (χ1v) is 6.75. The molecule has 0 amide bonds. The Morgan fingerprint density at radius 2 is 1.84 bits per heavy atom. The van der Waals surface area contributed by atoms with Crippen LogP contribution in [0.2, 0.25) is 10.0 Å². The Labute approximate surface area is 123 Å². The van der Waals surface area contributed by atoms with Crippen molar-refractivity contribution in [3.05, 3.63) is 28.2 Å². The first-order chi connectivity index (χ1) is 9.01. The molecular formula is C13H19Cl2NO3. The number of rotatable bonds is 8. The Morgan fingerprint density at radius 3 is 2.42 bits per heavy atom. The third-order valence-electron chi connectivity index (χ3n) is 2.38. The number of methoxy groups -OCH3 is 1. The maximum Gasteiger partial charge on any atom is 0.0945 e. The van der Waals surface area contributed by atoms with Crippen LogP contribution in [0.5, 0.6) is 0 Å². The second-order valence-corrected chi connectivity index (χ2v) is 5.17. The summed E-state index contributed by atoms with van der Waals surface area (Å²) in [6.45, 7) is 2.99. The summed E-state index contributed by atoms with van der Waals surface area (Å²) in [6.07, 6.45) is -0.655. The van der Waals surface area contributed by atoms with Crippen molar-refractivity contribution in [2.24, 2.45) is 0 Å². The third kappa shape index (κ3) is 6.99. The first-order valence-electron chi connectivity index (χ1n) is 6.00. The summed E-state index contributed by atoms with van der Waals surface area (Å²) in [5.41, 5.74) is 0.765. The topological polar surface area (TPSA) is 50.7 Å². The maximum atomic E-state index is 9.77. The molecule has 6 heteroatoms. The van der Waals surface area contributed by atoms with E-state index < -0.39 is 6.10 Å². The second-order valence-electron chi connectivity index (χ2n) is 4.29. The van der Waals surface area contributed by atoms with Gasteiger partial charge in [0.15, 0.2) is 0 Å². The molecule has 0 radical (unpaired) electrons. The Kier molecular flexibility index (Phi) is 7.49. The minimum atomic E-state index is -0.614. The van der Waals surface area contributed by atoms with Crippen molar-refractivity contribution in [1.82, 2.24) is 0 Å². The van der Waals surface area contributed by atoms with Crippen LogP contribution in [0, 0.1) is 0 Å². The average Bonchev–Trinajstić information content (AvgIpc) is 2.33. The Morgan fingerprint density at radius 1 is 1.21 bits per heavy atom. The molecule has 0 saturated heterocycles. The molecule has 19 heavy (non-hydrogen) atoms. The van der Waals surface area contributed by atoms with Crippen LogP contribution >= 0.6 is 23.2 Å². The summed E-state index contributed by atoms with van der Waals surface area (Å²) in [7, 11) is 1.61. The summed E-state index contributed by atoms with van der Waals surface area (Å²) >= 11 is 11.8. The van der Waals surface area contributed by atoms with Crippen molar-refractivity contribution in [3.63, 3.8) is 0 Å². The highest BCUT2D eigenvalue weighted by Gasteiger charge is 2.08. The third-order valence-corrected chi connectivity index (χ3v) is 2.82. The van der Waals surface area contributed by atoms with Crippen LogP contribution in [0.4, 0.5) is 5.69 Å². The zero-order chi connectivity index (χ0) is 14.3. The monoisotopic (exact) mass is 307 g/mol. The predicted molar refractivity (Wildman–Crippen MR) is 78.2 cm³/mol. The molecule has 0 aromatic heterocycles. The van der Waals surface area contributed by atoms with Gasteiger partial charge in [-0.25, -0.2) is 0 Å². The predicted octanol–water partition coefficient (Wildman–Crippen LogP) is 2.82. The molecule has 0 aliphatic heterocycles. The van der Waals surface area contributed by atoms with Crippen LogP contribution in [0.3, 0.4) is 0 Å². The van der Waals surface area contributed by atoms with E-state index in [2.05, 4.69) is 5.32 Å². The molecule has 1 aromatic carbocycles. The number of hydrogen-bond donors (Lipinski definition) is 2. The first kappa shape index (κ1) is 16.5. The lowest BCUT2D eigenvalue weighted by atomic mass is 10.3. The fourth-order valence-corrected chi connectivity index (χ4v) is 2.03. The lowest BCUT2D eigenvalue weighted by molar-refractivity contribution is -0.0282. The van der Waals surface area contributed by atoms with Gasteiger partial charge in [0.1, 0.15) is 0 Å². The normalized spacial score (nSPS) is 14.2. The molecule has 0 aliphatic carbocycles. The Bertz CT molecular complexity index is 370. The summed E-state index contributed by atoms with van der Waals surface area (Å²) in [6, 6.07) is 5.14. The van der Waals surface area contributed by atoms with E-state index in [0.717, 1.165) is 5.69 Å². The molecule has 2 N–H and O–H groups in total. The van der Waals surface area contributed by atoms with E-state index in [-0.39, 0.29) is 12.7 Å². The van der Waals surface area contributed by atoms with Crippen LogP contribution < -0.4 is 5.32 Å². The smallest absolute Gasteiger partial charge is 0.0945 e. The molecule has 1 aromatic rings.